The molecule has 2 fully saturated rings. The van der Waals surface area contributed by atoms with Gasteiger partial charge < -0.3 is 24.8 Å². The number of amides is 1. The minimum Gasteiger partial charge on any atom is -0.481 e. The third-order valence-corrected chi connectivity index (χ3v) is 8.81. The van der Waals surface area contributed by atoms with Crippen LogP contribution in [-0.2, 0) is 11.0 Å². The highest BCUT2D eigenvalue weighted by Gasteiger charge is 2.45. The SMILES string of the molecule is COc1cc(-n2nc3c(=O)c(N4CCN[C@H]5CC[C@@H]54)c4n(c3n2)C(C(=O)Nc2ccc(C(F)(F)F)cc2F)CC4C)ccn1.Cl. The van der Waals surface area contributed by atoms with Crippen molar-refractivity contribution >= 4 is 40.9 Å². The quantitative estimate of drug-likeness (QED) is 0.309. The number of ether oxygens (including phenoxy) is 1. The van der Waals surface area contributed by atoms with Crippen molar-refractivity contribution in [3.8, 4) is 11.6 Å². The smallest absolute Gasteiger partial charge is 0.416 e. The molecule has 5 heterocycles. The maximum atomic E-state index is 14.7. The number of methoxy groups -OCH3 is 1. The van der Waals surface area contributed by atoms with Gasteiger partial charge in [-0.3, -0.25) is 9.59 Å². The minimum absolute atomic E-state index is 0. The summed E-state index contributed by atoms with van der Waals surface area (Å²) < 4.78 is 60.9. The molecule has 2 N–H and O–H groups in total. The third kappa shape index (κ3) is 5.07. The lowest BCUT2D eigenvalue weighted by molar-refractivity contribution is -0.137. The van der Waals surface area contributed by atoms with Gasteiger partial charge in [-0.15, -0.1) is 27.4 Å². The second kappa shape index (κ2) is 11.3. The summed E-state index contributed by atoms with van der Waals surface area (Å²) in [6, 6.07) is 4.62. The molecule has 2 aliphatic heterocycles. The van der Waals surface area contributed by atoms with Gasteiger partial charge in [0.25, 0.3) is 0 Å². The van der Waals surface area contributed by atoms with Gasteiger partial charge in [0.05, 0.1) is 29.7 Å². The number of benzene rings is 1. The van der Waals surface area contributed by atoms with Crippen LogP contribution in [0.15, 0.2) is 41.3 Å². The van der Waals surface area contributed by atoms with E-state index in [2.05, 4.69) is 30.7 Å². The van der Waals surface area contributed by atoms with Crippen LogP contribution < -0.4 is 25.7 Å². The Balaban J connectivity index is 0.00000357. The number of nitrogens with zero attached hydrogens (tertiary/aromatic N) is 6. The zero-order valence-corrected chi connectivity index (χ0v) is 25.0. The van der Waals surface area contributed by atoms with Gasteiger partial charge in [-0.2, -0.15) is 13.2 Å². The predicted octanol–water partition coefficient (Wildman–Crippen LogP) is 4.19. The predicted molar refractivity (Wildman–Crippen MR) is 159 cm³/mol. The summed E-state index contributed by atoms with van der Waals surface area (Å²) in [5.41, 5.74) is -0.0428. The number of fused-ring (bicyclic) bond motifs is 4. The largest absolute Gasteiger partial charge is 0.481 e. The molecule has 1 aromatic carbocycles. The number of anilines is 2. The summed E-state index contributed by atoms with van der Waals surface area (Å²) in [5.74, 6) is -1.81. The number of piperazine rings is 1. The van der Waals surface area contributed by atoms with E-state index in [1.165, 1.54) is 18.1 Å². The lowest BCUT2D eigenvalue weighted by Crippen LogP contribution is -2.64. The van der Waals surface area contributed by atoms with Crippen molar-refractivity contribution < 1.29 is 27.1 Å². The van der Waals surface area contributed by atoms with E-state index < -0.39 is 29.5 Å². The lowest BCUT2D eigenvalue weighted by atomic mass is 9.82. The molecule has 1 saturated carbocycles. The van der Waals surface area contributed by atoms with E-state index in [0.717, 1.165) is 18.9 Å². The zero-order valence-electron chi connectivity index (χ0n) is 24.1. The normalized spacial score (nSPS) is 22.3. The second-order valence-corrected chi connectivity index (χ2v) is 11.4. The molecule has 1 saturated heterocycles. The number of hydrogen-bond donors (Lipinski definition) is 2. The van der Waals surface area contributed by atoms with E-state index in [-0.39, 0.29) is 59.1 Å². The van der Waals surface area contributed by atoms with Crippen LogP contribution in [0.1, 0.15) is 49.4 Å². The van der Waals surface area contributed by atoms with E-state index in [0.29, 0.717) is 48.2 Å². The number of nitrogens with one attached hydrogen (secondary N) is 2. The fourth-order valence-corrected chi connectivity index (χ4v) is 6.57. The number of carbonyl (C=O) groups is 1. The number of carbonyl (C=O) groups excluding carboxylic acids is 1. The van der Waals surface area contributed by atoms with E-state index in [1.54, 1.807) is 16.7 Å². The lowest BCUT2D eigenvalue weighted by Gasteiger charge is -2.50. The molecule has 7 rings (SSSR count). The average molecular weight is 649 g/mol. The van der Waals surface area contributed by atoms with Crippen LogP contribution in [-0.4, -0.2) is 62.7 Å². The minimum atomic E-state index is -4.73. The van der Waals surface area contributed by atoms with Crippen LogP contribution in [0.25, 0.3) is 16.9 Å². The van der Waals surface area contributed by atoms with Gasteiger partial charge in [0.1, 0.15) is 17.5 Å². The number of aromatic nitrogens is 5. The number of rotatable bonds is 5. The van der Waals surface area contributed by atoms with Gasteiger partial charge >= 0.3 is 6.18 Å². The third-order valence-electron chi connectivity index (χ3n) is 8.81. The first-order chi connectivity index (χ1) is 21.0. The Kier molecular flexibility index (Phi) is 7.72. The van der Waals surface area contributed by atoms with Gasteiger partial charge in [-0.05, 0) is 43.5 Å². The van der Waals surface area contributed by atoms with Crippen molar-refractivity contribution in [3.05, 3.63) is 63.8 Å². The highest BCUT2D eigenvalue weighted by atomic mass is 35.5. The molecule has 0 spiro atoms. The van der Waals surface area contributed by atoms with Gasteiger partial charge in [0.2, 0.25) is 17.2 Å². The van der Waals surface area contributed by atoms with Crippen molar-refractivity contribution in [1.82, 2.24) is 29.9 Å². The number of alkyl halides is 3. The van der Waals surface area contributed by atoms with Crippen molar-refractivity contribution in [2.24, 2.45) is 0 Å². The molecule has 4 aromatic rings. The van der Waals surface area contributed by atoms with Crippen LogP contribution in [0.2, 0.25) is 0 Å². The molecular weight excluding hydrogens is 620 g/mol. The molecule has 238 valence electrons. The molecule has 0 radical (unpaired) electrons. The molecular formula is C29H29ClF4N8O3. The van der Waals surface area contributed by atoms with Crippen LogP contribution in [0.5, 0.6) is 5.88 Å². The Hall–Kier alpha value is -4.24. The van der Waals surface area contributed by atoms with E-state index in [1.807, 2.05) is 6.92 Å². The summed E-state index contributed by atoms with van der Waals surface area (Å²) in [7, 11) is 1.47. The van der Waals surface area contributed by atoms with Crippen LogP contribution in [0.4, 0.5) is 28.9 Å². The molecule has 4 atom stereocenters. The Morgan fingerprint density at radius 1 is 1.16 bits per heavy atom. The first kappa shape index (κ1) is 30.8. The summed E-state index contributed by atoms with van der Waals surface area (Å²) in [4.78, 5) is 35.5. The molecule has 0 bridgehead atoms. The summed E-state index contributed by atoms with van der Waals surface area (Å²) in [6.45, 7) is 3.18. The second-order valence-electron chi connectivity index (χ2n) is 11.4. The molecule has 2 unspecified atom stereocenters. The van der Waals surface area contributed by atoms with Crippen LogP contribution >= 0.6 is 12.4 Å². The molecule has 3 aliphatic rings. The summed E-state index contributed by atoms with van der Waals surface area (Å²) in [5, 5.41) is 15.1. The standard InChI is InChI=1S/C29H28F4N8O3.ClH/c1-14-11-21(28(43)36-18-4-3-15(12-17(18)30)29(31,32)33)40-24(14)25(39-10-9-34-19-5-6-20(19)39)26(42)23-27(40)38-41(37-23)16-7-8-35-22(13-16)44-2;/h3-4,7-8,12-14,19-21,34H,5-6,9-11H2,1-2H3,(H,36,43);1H/t14?,19-,20-,21?;/m0./s1. The van der Waals surface area contributed by atoms with Gasteiger partial charge in [-0.1, -0.05) is 6.92 Å². The molecule has 11 nitrogen and oxygen atoms in total. The van der Waals surface area contributed by atoms with Crippen LogP contribution in [0.3, 0.4) is 0 Å². The Morgan fingerprint density at radius 3 is 2.64 bits per heavy atom. The number of halogens is 5. The highest BCUT2D eigenvalue weighted by Crippen LogP contribution is 2.44. The van der Waals surface area contributed by atoms with Crippen molar-refractivity contribution in [2.45, 2.75) is 56.4 Å². The van der Waals surface area contributed by atoms with Crippen LogP contribution in [0, 0.1) is 5.82 Å². The van der Waals surface area contributed by atoms with E-state index >= 15 is 0 Å². The Morgan fingerprint density at radius 2 is 1.96 bits per heavy atom. The maximum absolute atomic E-state index is 14.7. The van der Waals surface area contributed by atoms with Crippen molar-refractivity contribution in [1.29, 1.82) is 0 Å². The fraction of sp³-hybridized carbons (Fsp3) is 0.414. The molecule has 16 heteroatoms. The molecule has 1 aliphatic carbocycles. The monoisotopic (exact) mass is 648 g/mol. The Labute approximate surface area is 260 Å². The molecule has 1 amide bonds. The van der Waals surface area contributed by atoms with Gasteiger partial charge in [-0.25, -0.2) is 9.37 Å². The van der Waals surface area contributed by atoms with E-state index in [4.69, 9.17) is 4.74 Å². The topological polar surface area (TPSA) is 119 Å². The van der Waals surface area contributed by atoms with Crippen molar-refractivity contribution in [2.75, 3.05) is 30.4 Å². The number of hydrogen-bond acceptors (Lipinski definition) is 8. The zero-order chi connectivity index (χ0) is 30.9. The van der Waals surface area contributed by atoms with Gasteiger partial charge in [0.15, 0.2) is 11.2 Å². The summed E-state index contributed by atoms with van der Waals surface area (Å²) >= 11 is 0. The first-order valence-electron chi connectivity index (χ1n) is 14.3. The van der Waals surface area contributed by atoms with Crippen molar-refractivity contribution in [3.63, 3.8) is 0 Å². The Bertz CT molecular complexity index is 1860. The van der Waals surface area contributed by atoms with Gasteiger partial charge in [0, 0.05) is 43.4 Å². The molecule has 45 heavy (non-hydrogen) atoms. The highest BCUT2D eigenvalue weighted by molar-refractivity contribution is 5.96. The fourth-order valence-electron chi connectivity index (χ4n) is 6.57. The first-order valence-corrected chi connectivity index (χ1v) is 14.3. The number of pyridine rings is 2. The molecule has 3 aromatic heterocycles. The summed E-state index contributed by atoms with van der Waals surface area (Å²) in [6.07, 6.45) is -1.06. The average Bonchev–Trinajstić information content (AvgIpc) is 3.57. The van der Waals surface area contributed by atoms with E-state index in [9.17, 15) is 27.2 Å². The maximum Gasteiger partial charge on any atom is 0.416 e.